The van der Waals surface area contributed by atoms with E-state index >= 15 is 0 Å². The van der Waals surface area contributed by atoms with Gasteiger partial charge in [-0.3, -0.25) is 24.0 Å². The number of hydrogen-bond acceptors (Lipinski definition) is 5. The molecule has 1 N–H and O–H groups in total. The molecule has 2 heterocycles. The van der Waals surface area contributed by atoms with Crippen LogP contribution in [0.15, 0.2) is 18.6 Å². The lowest BCUT2D eigenvalue weighted by Gasteiger charge is -2.34. The van der Waals surface area contributed by atoms with Crippen LogP contribution < -0.4 is 0 Å². The average molecular weight is 575 g/mol. The second kappa shape index (κ2) is 10.8. The van der Waals surface area contributed by atoms with E-state index in [2.05, 4.69) is 10.1 Å². The Bertz CT molecular complexity index is 1220. The fourth-order valence-electron chi connectivity index (χ4n) is 4.87. The highest BCUT2D eigenvalue weighted by Gasteiger charge is 2.45. The van der Waals surface area contributed by atoms with Crippen LogP contribution in [0.5, 0.6) is 0 Å². The summed E-state index contributed by atoms with van der Waals surface area (Å²) in [6.45, 7) is 1.14. The Morgan fingerprint density at radius 2 is 1.71 bits per heavy atom. The first-order valence-corrected chi connectivity index (χ1v) is 13.1. The van der Waals surface area contributed by atoms with Crippen molar-refractivity contribution in [1.29, 1.82) is 0 Å². The first-order chi connectivity index (χ1) is 17.8. The minimum Gasteiger partial charge on any atom is -0.481 e. The van der Waals surface area contributed by atoms with Crippen LogP contribution in [0, 0.1) is 11.3 Å². The summed E-state index contributed by atoms with van der Waals surface area (Å²) in [6.07, 6.45) is 1.60. The molecule has 0 radical (unpaired) electrons. The SMILES string of the molecule is C[C@]1(C(=O)O)CC[C@H](n2ncc(C(=O)N(CCC3CC3)CC(=O)c3c(Cl)cncc3Cl)c2C(F)(F)F)CC1. The van der Waals surface area contributed by atoms with Crippen molar-refractivity contribution in [2.75, 3.05) is 13.1 Å². The van der Waals surface area contributed by atoms with Gasteiger partial charge in [-0.2, -0.15) is 18.3 Å². The number of carbonyl (C=O) groups excluding carboxylic acids is 2. The van der Waals surface area contributed by atoms with Crippen molar-refractivity contribution >= 4 is 40.9 Å². The third kappa shape index (κ3) is 5.98. The fraction of sp³-hybridized carbons (Fsp3) is 0.560. The molecular formula is C25H27Cl2F3N4O4. The highest BCUT2D eigenvalue weighted by atomic mass is 35.5. The molecule has 2 aliphatic carbocycles. The molecule has 206 valence electrons. The van der Waals surface area contributed by atoms with Gasteiger partial charge in [-0.05, 0) is 44.9 Å². The Kier molecular flexibility index (Phi) is 8.09. The number of amides is 1. The number of carbonyl (C=O) groups is 3. The molecule has 1 amide bonds. The van der Waals surface area contributed by atoms with Gasteiger partial charge < -0.3 is 10.0 Å². The summed E-state index contributed by atoms with van der Waals surface area (Å²) < 4.78 is 43.8. The van der Waals surface area contributed by atoms with Crippen LogP contribution in [0.1, 0.15) is 84.3 Å². The molecule has 0 spiro atoms. The zero-order valence-corrected chi connectivity index (χ0v) is 22.1. The topological polar surface area (TPSA) is 105 Å². The molecule has 0 saturated heterocycles. The number of carboxylic acids is 1. The molecule has 0 atom stereocenters. The monoisotopic (exact) mass is 574 g/mol. The zero-order chi connectivity index (χ0) is 27.8. The smallest absolute Gasteiger partial charge is 0.433 e. The quantitative estimate of drug-likeness (QED) is 0.372. The molecule has 4 rings (SSSR count). The van der Waals surface area contributed by atoms with Gasteiger partial charge in [0.25, 0.3) is 5.91 Å². The highest BCUT2D eigenvalue weighted by molar-refractivity contribution is 6.39. The largest absolute Gasteiger partial charge is 0.481 e. The molecule has 2 aromatic rings. The predicted octanol–water partition coefficient (Wildman–Crippen LogP) is 5.93. The highest BCUT2D eigenvalue weighted by Crippen LogP contribution is 2.43. The molecule has 2 fully saturated rings. The van der Waals surface area contributed by atoms with Crippen LogP contribution in [0.2, 0.25) is 10.0 Å². The van der Waals surface area contributed by atoms with E-state index in [9.17, 15) is 32.7 Å². The molecular weight excluding hydrogens is 548 g/mol. The maximum Gasteiger partial charge on any atom is 0.433 e. The molecule has 2 saturated carbocycles. The van der Waals surface area contributed by atoms with Crippen molar-refractivity contribution in [2.45, 2.75) is 64.1 Å². The standard InChI is InChI=1S/C25H27Cl2F3N4O4/c1-24(23(37)38)7-4-15(5-8-24)34-21(25(28,29)30)16(10-32-34)22(36)33(9-6-14-2-3-14)13-19(35)20-17(26)11-31-12-18(20)27/h10-12,14-15H,2-9,13H2,1H3,(H,37,38)/t15-,24-. The van der Waals surface area contributed by atoms with Crippen LogP contribution in [-0.2, 0) is 11.0 Å². The van der Waals surface area contributed by atoms with Crippen molar-refractivity contribution in [3.05, 3.63) is 45.5 Å². The van der Waals surface area contributed by atoms with Gasteiger partial charge in [0, 0.05) is 18.9 Å². The Labute approximate surface area is 227 Å². The van der Waals surface area contributed by atoms with Gasteiger partial charge >= 0.3 is 12.1 Å². The number of halogens is 5. The average Bonchev–Trinajstić information content (AvgIpc) is 3.56. The number of hydrogen-bond donors (Lipinski definition) is 1. The number of aliphatic carboxylic acids is 1. The summed E-state index contributed by atoms with van der Waals surface area (Å²) in [5.74, 6) is -2.23. The van der Waals surface area contributed by atoms with Crippen LogP contribution in [-0.4, -0.2) is 55.5 Å². The van der Waals surface area contributed by atoms with Gasteiger partial charge in [0.15, 0.2) is 11.5 Å². The van der Waals surface area contributed by atoms with E-state index in [0.717, 1.165) is 28.6 Å². The number of Topliss-reactive ketones (excluding diaryl/α,β-unsaturated/α-hetero) is 1. The van der Waals surface area contributed by atoms with E-state index in [1.165, 1.54) is 12.4 Å². The zero-order valence-electron chi connectivity index (χ0n) is 20.6. The van der Waals surface area contributed by atoms with Gasteiger partial charge in [-0.15, -0.1) is 0 Å². The summed E-state index contributed by atoms with van der Waals surface area (Å²) in [5.41, 5.74) is -2.92. The van der Waals surface area contributed by atoms with Gasteiger partial charge in [-0.1, -0.05) is 36.0 Å². The molecule has 0 aliphatic heterocycles. The molecule has 0 unspecified atom stereocenters. The molecule has 13 heteroatoms. The Hall–Kier alpha value is -2.66. The molecule has 2 aromatic heterocycles. The number of ketones is 1. The number of alkyl halides is 3. The van der Waals surface area contributed by atoms with Crippen LogP contribution >= 0.6 is 23.2 Å². The number of pyridine rings is 1. The fourth-order valence-corrected chi connectivity index (χ4v) is 5.45. The minimum atomic E-state index is -4.90. The molecule has 0 aromatic carbocycles. The molecule has 8 nitrogen and oxygen atoms in total. The van der Waals surface area contributed by atoms with Gasteiger partial charge in [0.05, 0.1) is 45.4 Å². The van der Waals surface area contributed by atoms with E-state index in [0.29, 0.717) is 12.3 Å². The number of aromatic nitrogens is 3. The Morgan fingerprint density at radius 3 is 2.24 bits per heavy atom. The van der Waals surface area contributed by atoms with Crippen molar-refractivity contribution in [2.24, 2.45) is 11.3 Å². The lowest BCUT2D eigenvalue weighted by atomic mass is 9.74. The van der Waals surface area contributed by atoms with Crippen LogP contribution in [0.3, 0.4) is 0 Å². The van der Waals surface area contributed by atoms with Crippen molar-refractivity contribution < 1.29 is 32.7 Å². The third-order valence-corrected chi connectivity index (χ3v) is 8.05. The maximum absolute atomic E-state index is 14.3. The van der Waals surface area contributed by atoms with E-state index < -0.39 is 53.1 Å². The van der Waals surface area contributed by atoms with E-state index in [4.69, 9.17) is 23.2 Å². The number of carboxylic acid groups (broad SMARTS) is 1. The summed E-state index contributed by atoms with van der Waals surface area (Å²) in [7, 11) is 0. The predicted molar refractivity (Wildman–Crippen MR) is 132 cm³/mol. The minimum absolute atomic E-state index is 0.0217. The summed E-state index contributed by atoms with van der Waals surface area (Å²) in [4.78, 5) is 43.0. The van der Waals surface area contributed by atoms with Gasteiger partial charge in [0.2, 0.25) is 0 Å². The van der Waals surface area contributed by atoms with Crippen molar-refractivity contribution in [3.8, 4) is 0 Å². The van der Waals surface area contributed by atoms with Crippen molar-refractivity contribution in [3.63, 3.8) is 0 Å². The van der Waals surface area contributed by atoms with E-state index in [-0.39, 0.29) is 47.8 Å². The first kappa shape index (κ1) is 28.4. The summed E-state index contributed by atoms with van der Waals surface area (Å²) >= 11 is 12.2. The summed E-state index contributed by atoms with van der Waals surface area (Å²) in [6, 6.07) is -0.712. The van der Waals surface area contributed by atoms with Crippen molar-refractivity contribution in [1.82, 2.24) is 19.7 Å². The molecule has 2 aliphatic rings. The lowest BCUT2D eigenvalue weighted by Crippen LogP contribution is -2.38. The van der Waals surface area contributed by atoms with Gasteiger partial charge in [-0.25, -0.2) is 0 Å². The maximum atomic E-state index is 14.3. The van der Waals surface area contributed by atoms with E-state index in [1.807, 2.05) is 0 Å². The summed E-state index contributed by atoms with van der Waals surface area (Å²) in [5, 5.41) is 13.4. The Balaban J connectivity index is 1.63. The number of nitrogens with zero attached hydrogens (tertiary/aromatic N) is 4. The lowest BCUT2D eigenvalue weighted by molar-refractivity contribution is -0.152. The molecule has 38 heavy (non-hydrogen) atoms. The second-order valence-corrected chi connectivity index (χ2v) is 11.1. The van der Waals surface area contributed by atoms with Crippen LogP contribution in [0.25, 0.3) is 0 Å². The third-order valence-electron chi connectivity index (χ3n) is 7.47. The van der Waals surface area contributed by atoms with Crippen LogP contribution in [0.4, 0.5) is 13.2 Å². The molecule has 0 bridgehead atoms. The normalized spacial score (nSPS) is 21.8. The second-order valence-electron chi connectivity index (χ2n) is 10.3. The van der Waals surface area contributed by atoms with Gasteiger partial charge in [0.1, 0.15) is 0 Å². The number of rotatable bonds is 9. The first-order valence-electron chi connectivity index (χ1n) is 12.3. The van der Waals surface area contributed by atoms with E-state index in [1.54, 1.807) is 6.92 Å². The Morgan fingerprint density at radius 1 is 1.11 bits per heavy atom.